The van der Waals surface area contributed by atoms with Gasteiger partial charge in [-0.05, 0) is 39.3 Å². The number of rotatable bonds is 9. The number of nitrogens with zero attached hydrogens (tertiary/aromatic N) is 1. The van der Waals surface area contributed by atoms with E-state index in [0.717, 1.165) is 19.5 Å². The van der Waals surface area contributed by atoms with Gasteiger partial charge in [-0.25, -0.2) is 4.72 Å². The molecule has 0 spiro atoms. The highest BCUT2D eigenvalue weighted by atomic mass is 32.2. The van der Waals surface area contributed by atoms with Crippen LogP contribution in [0.3, 0.4) is 0 Å². The number of esters is 1. The molecule has 0 bridgehead atoms. The molecule has 0 radical (unpaired) electrons. The number of piperidine rings is 1. The van der Waals surface area contributed by atoms with Crippen molar-refractivity contribution in [3.63, 3.8) is 0 Å². The van der Waals surface area contributed by atoms with Gasteiger partial charge in [-0.15, -0.1) is 0 Å². The number of hydrogen-bond donors (Lipinski definition) is 2. The molecule has 124 valence electrons. The summed E-state index contributed by atoms with van der Waals surface area (Å²) < 4.78 is 33.3. The lowest BCUT2D eigenvalue weighted by atomic mass is 10.0. The maximum Gasteiger partial charge on any atom is 0.310 e. The summed E-state index contributed by atoms with van der Waals surface area (Å²) in [5.41, 5.74) is 0. The Bertz CT molecular complexity index is 414. The van der Waals surface area contributed by atoms with Crippen LogP contribution in [-0.4, -0.2) is 58.0 Å². The summed E-state index contributed by atoms with van der Waals surface area (Å²) in [6.07, 6.45) is 2.11. The number of carbonyl (C=O) groups is 1. The zero-order valence-corrected chi connectivity index (χ0v) is 13.7. The molecular weight excluding hydrogens is 294 g/mol. The molecule has 0 aromatic rings. The van der Waals surface area contributed by atoms with Gasteiger partial charge in [0.15, 0.2) is 0 Å². The maximum atomic E-state index is 12.2. The second-order valence-corrected chi connectivity index (χ2v) is 6.81. The number of nitrogens with one attached hydrogen (secondary N) is 2. The molecule has 0 amide bonds. The molecule has 0 saturated carbocycles. The number of carbonyl (C=O) groups excluding carboxylic acids is 1. The van der Waals surface area contributed by atoms with Gasteiger partial charge in [0.2, 0.25) is 0 Å². The molecule has 8 heteroatoms. The van der Waals surface area contributed by atoms with Crippen LogP contribution in [0.4, 0.5) is 0 Å². The molecule has 1 rings (SSSR count). The van der Waals surface area contributed by atoms with Crippen molar-refractivity contribution in [1.82, 2.24) is 14.3 Å². The molecule has 0 aromatic carbocycles. The first kappa shape index (κ1) is 18.3. The van der Waals surface area contributed by atoms with Crippen LogP contribution >= 0.6 is 0 Å². The van der Waals surface area contributed by atoms with Crippen LogP contribution in [-0.2, 0) is 19.7 Å². The van der Waals surface area contributed by atoms with E-state index in [4.69, 9.17) is 4.74 Å². The summed E-state index contributed by atoms with van der Waals surface area (Å²) in [6.45, 7) is 6.81. The number of ether oxygens (including phenoxy) is 1. The molecule has 7 nitrogen and oxygen atoms in total. The van der Waals surface area contributed by atoms with Crippen molar-refractivity contribution in [2.45, 2.75) is 33.1 Å². The van der Waals surface area contributed by atoms with Crippen molar-refractivity contribution in [2.24, 2.45) is 5.92 Å². The Balaban J connectivity index is 2.44. The largest absolute Gasteiger partial charge is 0.466 e. The molecule has 0 aromatic heterocycles. The molecule has 1 aliphatic rings. The normalized spacial score (nSPS) is 20.4. The SMILES string of the molecule is CCNCCCNS(=O)(=O)N1CCCC(C(=O)OCC)C1. The fourth-order valence-corrected chi connectivity index (χ4v) is 3.63. The minimum atomic E-state index is -3.50. The topological polar surface area (TPSA) is 87.7 Å². The van der Waals surface area contributed by atoms with Crippen LogP contribution in [0.15, 0.2) is 0 Å². The van der Waals surface area contributed by atoms with Crippen molar-refractivity contribution < 1.29 is 17.9 Å². The highest BCUT2D eigenvalue weighted by Gasteiger charge is 2.32. The van der Waals surface area contributed by atoms with Crippen molar-refractivity contribution in [3.05, 3.63) is 0 Å². The van der Waals surface area contributed by atoms with Crippen LogP contribution in [0.2, 0.25) is 0 Å². The third-order valence-electron chi connectivity index (χ3n) is 3.41. The Morgan fingerprint density at radius 2 is 2.10 bits per heavy atom. The van der Waals surface area contributed by atoms with Gasteiger partial charge in [0, 0.05) is 19.6 Å². The lowest BCUT2D eigenvalue weighted by Crippen LogP contribution is -2.48. The molecule has 0 aliphatic carbocycles. The smallest absolute Gasteiger partial charge is 0.310 e. The maximum absolute atomic E-state index is 12.2. The predicted molar refractivity (Wildman–Crippen MR) is 81.0 cm³/mol. The quantitative estimate of drug-likeness (QED) is 0.464. The molecule has 1 aliphatic heterocycles. The molecule has 21 heavy (non-hydrogen) atoms. The van der Waals surface area contributed by atoms with Crippen LogP contribution in [0.5, 0.6) is 0 Å². The minimum absolute atomic E-state index is 0.210. The van der Waals surface area contributed by atoms with Crippen molar-refractivity contribution in [1.29, 1.82) is 0 Å². The van der Waals surface area contributed by atoms with Gasteiger partial charge in [-0.2, -0.15) is 12.7 Å². The first-order chi connectivity index (χ1) is 10.0. The van der Waals surface area contributed by atoms with E-state index in [2.05, 4.69) is 10.0 Å². The Morgan fingerprint density at radius 1 is 1.33 bits per heavy atom. The second-order valence-electron chi connectivity index (χ2n) is 5.06. The third kappa shape index (κ3) is 6.29. The van der Waals surface area contributed by atoms with E-state index in [1.807, 2.05) is 6.92 Å². The van der Waals surface area contributed by atoms with Gasteiger partial charge in [0.05, 0.1) is 12.5 Å². The van der Waals surface area contributed by atoms with E-state index < -0.39 is 10.2 Å². The first-order valence-corrected chi connectivity index (χ1v) is 9.07. The molecule has 1 unspecified atom stereocenters. The van der Waals surface area contributed by atoms with Crippen molar-refractivity contribution >= 4 is 16.2 Å². The summed E-state index contributed by atoms with van der Waals surface area (Å²) in [5, 5.41) is 3.14. The Kier molecular flexibility index (Phi) is 8.16. The van der Waals surface area contributed by atoms with Gasteiger partial charge in [0.25, 0.3) is 10.2 Å². The van der Waals surface area contributed by atoms with Crippen LogP contribution in [0.1, 0.15) is 33.1 Å². The standard InChI is InChI=1S/C13H27N3O4S/c1-3-14-8-6-9-15-21(18,19)16-10-5-7-12(11-16)13(17)20-4-2/h12,14-15H,3-11H2,1-2H3. The molecule has 1 fully saturated rings. The third-order valence-corrected chi connectivity index (χ3v) is 4.99. The fourth-order valence-electron chi connectivity index (χ4n) is 2.30. The van der Waals surface area contributed by atoms with E-state index in [1.54, 1.807) is 6.92 Å². The van der Waals surface area contributed by atoms with E-state index in [9.17, 15) is 13.2 Å². The zero-order valence-electron chi connectivity index (χ0n) is 12.9. The monoisotopic (exact) mass is 321 g/mol. The summed E-state index contributed by atoms with van der Waals surface area (Å²) in [5.74, 6) is -0.651. The van der Waals surface area contributed by atoms with E-state index in [1.165, 1.54) is 4.31 Å². The second kappa shape index (κ2) is 9.34. The average molecular weight is 321 g/mol. The summed E-state index contributed by atoms with van der Waals surface area (Å²) in [6, 6.07) is 0. The van der Waals surface area contributed by atoms with Crippen LogP contribution < -0.4 is 10.0 Å². The average Bonchev–Trinajstić information content (AvgIpc) is 2.47. The lowest BCUT2D eigenvalue weighted by Gasteiger charge is -2.30. The van der Waals surface area contributed by atoms with Crippen LogP contribution in [0.25, 0.3) is 0 Å². The van der Waals surface area contributed by atoms with Gasteiger partial charge < -0.3 is 10.1 Å². The van der Waals surface area contributed by atoms with E-state index in [-0.39, 0.29) is 18.4 Å². The molecule has 1 atom stereocenters. The van der Waals surface area contributed by atoms with Gasteiger partial charge in [0.1, 0.15) is 0 Å². The van der Waals surface area contributed by atoms with Gasteiger partial charge >= 0.3 is 5.97 Å². The minimum Gasteiger partial charge on any atom is -0.466 e. The predicted octanol–water partition coefficient (Wildman–Crippen LogP) is 0.0955. The first-order valence-electron chi connectivity index (χ1n) is 7.63. The summed E-state index contributed by atoms with van der Waals surface area (Å²) in [7, 11) is -3.50. The molecule has 1 saturated heterocycles. The fraction of sp³-hybridized carbons (Fsp3) is 0.923. The van der Waals surface area contributed by atoms with Crippen molar-refractivity contribution in [2.75, 3.05) is 39.3 Å². The molecule has 2 N–H and O–H groups in total. The molecule has 1 heterocycles. The lowest BCUT2D eigenvalue weighted by molar-refractivity contribution is -0.149. The Morgan fingerprint density at radius 3 is 2.76 bits per heavy atom. The molecular formula is C13H27N3O4S. The highest BCUT2D eigenvalue weighted by molar-refractivity contribution is 7.87. The number of hydrogen-bond acceptors (Lipinski definition) is 5. The highest BCUT2D eigenvalue weighted by Crippen LogP contribution is 2.19. The van der Waals surface area contributed by atoms with Gasteiger partial charge in [-0.3, -0.25) is 4.79 Å². The summed E-state index contributed by atoms with van der Waals surface area (Å²) in [4.78, 5) is 11.7. The Labute approximate surface area is 127 Å². The summed E-state index contributed by atoms with van der Waals surface area (Å²) >= 11 is 0. The van der Waals surface area contributed by atoms with E-state index >= 15 is 0 Å². The van der Waals surface area contributed by atoms with Gasteiger partial charge in [-0.1, -0.05) is 6.92 Å². The van der Waals surface area contributed by atoms with E-state index in [0.29, 0.717) is 32.5 Å². The Hall–Kier alpha value is -0.700. The zero-order chi connectivity index (χ0) is 15.7. The van der Waals surface area contributed by atoms with Crippen molar-refractivity contribution in [3.8, 4) is 0 Å². The van der Waals surface area contributed by atoms with Crippen LogP contribution in [0, 0.1) is 5.92 Å².